The topological polar surface area (TPSA) is 18.5 Å². The van der Waals surface area contributed by atoms with Crippen molar-refractivity contribution in [1.82, 2.24) is 15.1 Å². The highest BCUT2D eigenvalue weighted by molar-refractivity contribution is 4.91. The number of rotatable bonds is 6. The van der Waals surface area contributed by atoms with E-state index < -0.39 is 0 Å². The van der Waals surface area contributed by atoms with Gasteiger partial charge in [0.2, 0.25) is 0 Å². The molecule has 0 aromatic rings. The molecule has 0 saturated carbocycles. The molecule has 18 heavy (non-hydrogen) atoms. The van der Waals surface area contributed by atoms with Gasteiger partial charge >= 0.3 is 0 Å². The molecule has 2 aliphatic rings. The van der Waals surface area contributed by atoms with Gasteiger partial charge < -0.3 is 10.2 Å². The minimum Gasteiger partial charge on any atom is -0.314 e. The number of nitrogens with zero attached hydrogens (tertiary/aromatic N) is 2. The van der Waals surface area contributed by atoms with Gasteiger partial charge in [0.05, 0.1) is 0 Å². The quantitative estimate of drug-likeness (QED) is 0.780. The van der Waals surface area contributed by atoms with Gasteiger partial charge in [-0.15, -0.1) is 0 Å². The van der Waals surface area contributed by atoms with E-state index in [1.54, 1.807) is 0 Å². The van der Waals surface area contributed by atoms with Crippen molar-refractivity contribution in [1.29, 1.82) is 0 Å². The van der Waals surface area contributed by atoms with E-state index in [-0.39, 0.29) is 0 Å². The van der Waals surface area contributed by atoms with E-state index in [1.807, 2.05) is 0 Å². The molecule has 3 nitrogen and oxygen atoms in total. The summed E-state index contributed by atoms with van der Waals surface area (Å²) in [4.78, 5) is 5.34. The second kappa shape index (κ2) is 6.88. The van der Waals surface area contributed by atoms with Gasteiger partial charge in [-0.3, -0.25) is 4.90 Å². The normalized spacial score (nSPS) is 31.5. The van der Waals surface area contributed by atoms with Crippen molar-refractivity contribution in [2.45, 2.75) is 64.1 Å². The molecule has 3 unspecified atom stereocenters. The molecule has 3 atom stereocenters. The van der Waals surface area contributed by atoms with Gasteiger partial charge in [0.15, 0.2) is 0 Å². The van der Waals surface area contributed by atoms with E-state index in [4.69, 9.17) is 0 Å². The van der Waals surface area contributed by atoms with Crippen molar-refractivity contribution in [3.63, 3.8) is 0 Å². The minimum absolute atomic E-state index is 0.670. The summed E-state index contributed by atoms with van der Waals surface area (Å²) < 4.78 is 0. The summed E-state index contributed by atoms with van der Waals surface area (Å²) in [7, 11) is 2.33. The maximum atomic E-state index is 3.59. The maximum Gasteiger partial charge on any atom is 0.0223 e. The van der Waals surface area contributed by atoms with Crippen molar-refractivity contribution in [3.05, 3.63) is 0 Å². The summed E-state index contributed by atoms with van der Waals surface area (Å²) in [6.45, 7) is 9.61. The summed E-state index contributed by atoms with van der Waals surface area (Å²) in [5.74, 6) is 0. The lowest BCUT2D eigenvalue weighted by Crippen LogP contribution is -2.38. The fourth-order valence-electron chi connectivity index (χ4n) is 3.45. The zero-order chi connectivity index (χ0) is 13.0. The van der Waals surface area contributed by atoms with Gasteiger partial charge in [-0.05, 0) is 65.7 Å². The second-order valence-corrected chi connectivity index (χ2v) is 6.28. The van der Waals surface area contributed by atoms with Crippen LogP contribution >= 0.6 is 0 Å². The average Bonchev–Trinajstić information content (AvgIpc) is 2.60. The first-order valence-corrected chi connectivity index (χ1v) is 7.88. The Morgan fingerprint density at radius 3 is 2.78 bits per heavy atom. The van der Waals surface area contributed by atoms with Gasteiger partial charge in [-0.1, -0.05) is 6.92 Å². The monoisotopic (exact) mass is 253 g/mol. The van der Waals surface area contributed by atoms with Crippen molar-refractivity contribution >= 4 is 0 Å². The number of hydrogen-bond donors (Lipinski definition) is 1. The van der Waals surface area contributed by atoms with Crippen LogP contribution in [0.5, 0.6) is 0 Å². The molecule has 2 heterocycles. The van der Waals surface area contributed by atoms with Gasteiger partial charge in [0.25, 0.3) is 0 Å². The van der Waals surface area contributed by atoms with Gasteiger partial charge in [0.1, 0.15) is 0 Å². The predicted octanol–water partition coefficient (Wildman–Crippen LogP) is 1.93. The van der Waals surface area contributed by atoms with Crippen LogP contribution in [0.1, 0.15) is 46.0 Å². The number of likely N-dealkylation sites (tertiary alicyclic amines) is 1. The molecule has 106 valence electrons. The zero-order valence-electron chi connectivity index (χ0n) is 12.5. The van der Waals surface area contributed by atoms with Crippen LogP contribution in [0.25, 0.3) is 0 Å². The van der Waals surface area contributed by atoms with E-state index >= 15 is 0 Å². The number of likely N-dealkylation sites (N-methyl/N-ethyl adjacent to an activating group) is 1. The fraction of sp³-hybridized carbons (Fsp3) is 1.00. The highest BCUT2D eigenvalue weighted by atomic mass is 15.3. The smallest absolute Gasteiger partial charge is 0.0223 e. The SMILES string of the molecule is CCCNC(C)CCN1CCC2CCC(C1)N2C. The van der Waals surface area contributed by atoms with E-state index in [0.717, 1.165) is 18.6 Å². The molecule has 2 aliphatic heterocycles. The molecule has 0 aromatic carbocycles. The summed E-state index contributed by atoms with van der Waals surface area (Å²) in [5.41, 5.74) is 0. The molecule has 0 spiro atoms. The lowest BCUT2D eigenvalue weighted by molar-refractivity contribution is 0.213. The van der Waals surface area contributed by atoms with E-state index in [9.17, 15) is 0 Å². The van der Waals surface area contributed by atoms with Crippen LogP contribution in [0.15, 0.2) is 0 Å². The average molecular weight is 253 g/mol. The highest BCUT2D eigenvalue weighted by Gasteiger charge is 2.34. The van der Waals surface area contributed by atoms with Gasteiger partial charge in [-0.2, -0.15) is 0 Å². The molecular formula is C15H31N3. The predicted molar refractivity (Wildman–Crippen MR) is 78.0 cm³/mol. The molecule has 3 heteroatoms. The fourth-order valence-corrected chi connectivity index (χ4v) is 3.45. The van der Waals surface area contributed by atoms with Crippen molar-refractivity contribution in [2.24, 2.45) is 0 Å². The molecule has 0 radical (unpaired) electrons. The van der Waals surface area contributed by atoms with Crippen molar-refractivity contribution in [3.8, 4) is 0 Å². The first-order valence-electron chi connectivity index (χ1n) is 7.88. The minimum atomic E-state index is 0.670. The van der Waals surface area contributed by atoms with Crippen LogP contribution in [0.3, 0.4) is 0 Å². The van der Waals surface area contributed by atoms with E-state index in [2.05, 4.69) is 36.0 Å². The third kappa shape index (κ3) is 3.69. The van der Waals surface area contributed by atoms with E-state index in [1.165, 1.54) is 51.7 Å². The Labute approximate surface area is 113 Å². The summed E-state index contributed by atoms with van der Waals surface area (Å²) in [6.07, 6.45) is 6.76. The van der Waals surface area contributed by atoms with Crippen molar-refractivity contribution < 1.29 is 0 Å². The molecule has 2 bridgehead atoms. The Balaban J connectivity index is 1.70. The Kier molecular flexibility index (Phi) is 5.46. The molecule has 0 aromatic heterocycles. The molecule has 2 fully saturated rings. The summed E-state index contributed by atoms with van der Waals surface area (Å²) in [6, 6.07) is 2.37. The third-order valence-corrected chi connectivity index (χ3v) is 4.85. The second-order valence-electron chi connectivity index (χ2n) is 6.28. The first kappa shape index (κ1) is 14.3. The number of nitrogens with one attached hydrogen (secondary N) is 1. The third-order valence-electron chi connectivity index (χ3n) is 4.85. The van der Waals surface area contributed by atoms with Crippen LogP contribution in [0.2, 0.25) is 0 Å². The summed E-state index contributed by atoms with van der Waals surface area (Å²) >= 11 is 0. The largest absolute Gasteiger partial charge is 0.314 e. The van der Waals surface area contributed by atoms with Crippen LogP contribution in [0.4, 0.5) is 0 Å². The first-order chi connectivity index (χ1) is 8.70. The highest BCUT2D eigenvalue weighted by Crippen LogP contribution is 2.28. The van der Waals surface area contributed by atoms with Crippen LogP contribution in [-0.4, -0.2) is 61.2 Å². The van der Waals surface area contributed by atoms with E-state index in [0.29, 0.717) is 6.04 Å². The molecule has 1 N–H and O–H groups in total. The Bertz CT molecular complexity index is 244. The van der Waals surface area contributed by atoms with Gasteiger partial charge in [-0.25, -0.2) is 0 Å². The molecular weight excluding hydrogens is 222 g/mol. The lowest BCUT2D eigenvalue weighted by Gasteiger charge is -2.26. The van der Waals surface area contributed by atoms with Crippen LogP contribution < -0.4 is 5.32 Å². The zero-order valence-corrected chi connectivity index (χ0v) is 12.5. The standard InChI is InChI=1S/C15H31N3/c1-4-9-16-13(2)7-10-18-11-8-14-5-6-15(12-18)17(14)3/h13-16H,4-12H2,1-3H3. The Morgan fingerprint density at radius 1 is 1.22 bits per heavy atom. The summed E-state index contributed by atoms with van der Waals surface area (Å²) in [5, 5.41) is 3.59. The van der Waals surface area contributed by atoms with Crippen molar-refractivity contribution in [2.75, 3.05) is 33.2 Å². The molecule has 2 rings (SSSR count). The Morgan fingerprint density at radius 2 is 2.00 bits per heavy atom. The van der Waals surface area contributed by atoms with Gasteiger partial charge in [0, 0.05) is 24.7 Å². The number of fused-ring (bicyclic) bond motifs is 2. The molecule has 0 amide bonds. The maximum absolute atomic E-state index is 3.59. The molecule has 2 saturated heterocycles. The van der Waals surface area contributed by atoms with Crippen LogP contribution in [-0.2, 0) is 0 Å². The van der Waals surface area contributed by atoms with Crippen LogP contribution in [0, 0.1) is 0 Å². The molecule has 0 aliphatic carbocycles. The lowest BCUT2D eigenvalue weighted by atomic mass is 10.1. The number of hydrogen-bond acceptors (Lipinski definition) is 3. The Hall–Kier alpha value is -0.120.